The number of aromatic carboxylic acids is 1. The fourth-order valence-electron chi connectivity index (χ4n) is 14.2. The molecule has 5 aliphatic carbocycles. The fraction of sp³-hybridized carbons (Fsp3) is 0.767. The third kappa shape index (κ3) is 5.66. The van der Waals surface area contributed by atoms with Crippen LogP contribution in [0.25, 0.3) is 5.57 Å². The van der Waals surface area contributed by atoms with Gasteiger partial charge in [-0.1, -0.05) is 60.6 Å². The molecule has 4 saturated carbocycles. The lowest BCUT2D eigenvalue weighted by Gasteiger charge is -2.72. The molecule has 1 saturated heterocycles. The fourth-order valence-corrected chi connectivity index (χ4v) is 15.5. The van der Waals surface area contributed by atoms with Crippen molar-refractivity contribution in [2.75, 3.05) is 37.7 Å². The number of rotatable bonds is 7. The summed E-state index contributed by atoms with van der Waals surface area (Å²) in [6, 6.07) is 4.37. The molecule has 2 N–H and O–H groups in total. The Hall–Kier alpha value is -2.26. The highest BCUT2D eigenvalue weighted by Gasteiger charge is 2.71. The first-order valence-electron chi connectivity index (χ1n) is 20.3. The summed E-state index contributed by atoms with van der Waals surface area (Å²) < 4.78 is 39.4. The van der Waals surface area contributed by atoms with Crippen LogP contribution in [0.15, 0.2) is 24.3 Å². The highest BCUT2D eigenvalue weighted by molar-refractivity contribution is 7.91. The van der Waals surface area contributed by atoms with E-state index >= 15 is 4.39 Å². The third-order valence-corrected chi connectivity index (χ3v) is 18.6. The Morgan fingerprint density at radius 2 is 1.65 bits per heavy atom. The summed E-state index contributed by atoms with van der Waals surface area (Å²) in [5.74, 6) is 1.87. The minimum atomic E-state index is -2.93. The molecule has 6 aliphatic rings. The van der Waals surface area contributed by atoms with E-state index < -0.39 is 21.6 Å². The SMILES string of the molecule is CC(C)[C@@H]1CC[C@]2(C(=O)NCCN3CCS(=O)(=O)CC3)CC[C@]3(C)[C@H](CC[C@@H]4[C@@]5(C)CC=C(c6ccc(C(=O)O)cc6F)C(C)(C)[C@@H]5CC[C@]43C)[C@@H]12. The van der Waals surface area contributed by atoms with Crippen molar-refractivity contribution in [2.24, 2.45) is 62.6 Å². The zero-order valence-electron chi connectivity index (χ0n) is 32.7. The molecule has 0 unspecified atom stereocenters. The number of allylic oxidation sites excluding steroid dienone is 2. The van der Waals surface area contributed by atoms with Crippen molar-refractivity contribution in [3.05, 3.63) is 41.2 Å². The minimum absolute atomic E-state index is 0.0216. The number of carbonyl (C=O) groups excluding carboxylic acids is 1. The van der Waals surface area contributed by atoms with Gasteiger partial charge >= 0.3 is 5.97 Å². The van der Waals surface area contributed by atoms with E-state index in [4.69, 9.17) is 0 Å². The van der Waals surface area contributed by atoms with E-state index in [2.05, 4.69) is 64.8 Å². The van der Waals surface area contributed by atoms with Gasteiger partial charge in [0.2, 0.25) is 5.91 Å². The molecule has 52 heavy (non-hydrogen) atoms. The van der Waals surface area contributed by atoms with Crippen molar-refractivity contribution in [3.8, 4) is 0 Å². The summed E-state index contributed by atoms with van der Waals surface area (Å²) in [6.07, 6.45) is 11.8. The zero-order valence-corrected chi connectivity index (χ0v) is 33.5. The summed E-state index contributed by atoms with van der Waals surface area (Å²) >= 11 is 0. The minimum Gasteiger partial charge on any atom is -0.478 e. The predicted molar refractivity (Wildman–Crippen MR) is 204 cm³/mol. The number of hydrogen-bond donors (Lipinski definition) is 2. The van der Waals surface area contributed by atoms with Crippen molar-refractivity contribution >= 4 is 27.3 Å². The molecule has 0 radical (unpaired) electrons. The number of nitrogens with one attached hydrogen (secondary N) is 1. The van der Waals surface area contributed by atoms with Crippen LogP contribution in [0, 0.1) is 68.4 Å². The molecule has 1 aromatic rings. The second kappa shape index (κ2) is 12.9. The molecule has 1 aromatic carbocycles. The molecule has 1 aliphatic heterocycles. The first-order chi connectivity index (χ1) is 24.3. The molecule has 0 aromatic heterocycles. The van der Waals surface area contributed by atoms with Crippen LogP contribution in [-0.4, -0.2) is 68.0 Å². The molecule has 5 fully saturated rings. The molecule has 9 heteroatoms. The molecule has 288 valence electrons. The number of hydrogen-bond acceptors (Lipinski definition) is 5. The van der Waals surface area contributed by atoms with Crippen molar-refractivity contribution in [1.29, 1.82) is 0 Å². The lowest BCUT2D eigenvalue weighted by atomic mass is 9.32. The number of carboxylic acids is 1. The van der Waals surface area contributed by atoms with E-state index in [-0.39, 0.29) is 50.1 Å². The van der Waals surface area contributed by atoms with Crippen LogP contribution in [0.5, 0.6) is 0 Å². The topological polar surface area (TPSA) is 104 Å². The first kappa shape index (κ1) is 38.0. The van der Waals surface area contributed by atoms with Crippen molar-refractivity contribution < 1.29 is 27.5 Å². The number of amides is 1. The van der Waals surface area contributed by atoms with E-state index in [9.17, 15) is 23.1 Å². The van der Waals surface area contributed by atoms with Crippen molar-refractivity contribution in [2.45, 2.75) is 106 Å². The van der Waals surface area contributed by atoms with Crippen LogP contribution in [-0.2, 0) is 14.6 Å². The molecule has 0 spiro atoms. The van der Waals surface area contributed by atoms with Crippen molar-refractivity contribution in [1.82, 2.24) is 10.2 Å². The Morgan fingerprint density at radius 3 is 2.31 bits per heavy atom. The normalized spacial score (nSPS) is 40.9. The number of carbonyl (C=O) groups is 2. The highest BCUT2D eigenvalue weighted by Crippen LogP contribution is 2.77. The highest BCUT2D eigenvalue weighted by atomic mass is 32.2. The van der Waals surface area contributed by atoms with Crippen LogP contribution in [0.4, 0.5) is 4.39 Å². The number of benzene rings is 1. The molecule has 0 bridgehead atoms. The predicted octanol–water partition coefficient (Wildman–Crippen LogP) is 8.10. The lowest BCUT2D eigenvalue weighted by Crippen LogP contribution is -2.66. The zero-order chi connectivity index (χ0) is 37.6. The Kier molecular flexibility index (Phi) is 9.45. The summed E-state index contributed by atoms with van der Waals surface area (Å²) in [4.78, 5) is 28.2. The molecular weight excluding hydrogens is 676 g/mol. The maximum absolute atomic E-state index is 15.5. The van der Waals surface area contributed by atoms with Gasteiger partial charge in [-0.2, -0.15) is 0 Å². The van der Waals surface area contributed by atoms with Gasteiger partial charge < -0.3 is 10.4 Å². The van der Waals surface area contributed by atoms with Gasteiger partial charge in [0.25, 0.3) is 0 Å². The van der Waals surface area contributed by atoms with Gasteiger partial charge in [-0.15, -0.1) is 0 Å². The van der Waals surface area contributed by atoms with E-state index in [0.29, 0.717) is 67.2 Å². The largest absolute Gasteiger partial charge is 0.478 e. The second-order valence-electron chi connectivity index (χ2n) is 19.6. The van der Waals surface area contributed by atoms with Crippen molar-refractivity contribution in [3.63, 3.8) is 0 Å². The Balaban J connectivity index is 1.15. The number of nitrogens with zero attached hydrogens (tertiary/aromatic N) is 1. The number of fused-ring (bicyclic) bond motifs is 7. The summed E-state index contributed by atoms with van der Waals surface area (Å²) in [5.41, 5.74) is 1.21. The van der Waals surface area contributed by atoms with Gasteiger partial charge in [-0.05, 0) is 133 Å². The average molecular weight is 739 g/mol. The maximum Gasteiger partial charge on any atom is 0.335 e. The van der Waals surface area contributed by atoms with Crippen LogP contribution >= 0.6 is 0 Å². The van der Waals surface area contributed by atoms with Gasteiger partial charge in [-0.3, -0.25) is 9.69 Å². The van der Waals surface area contributed by atoms with Crippen LogP contribution in [0.2, 0.25) is 0 Å². The van der Waals surface area contributed by atoms with Gasteiger partial charge in [0, 0.05) is 31.7 Å². The molecule has 1 heterocycles. The summed E-state index contributed by atoms with van der Waals surface area (Å²) in [5, 5.41) is 12.9. The van der Waals surface area contributed by atoms with Gasteiger partial charge in [0.15, 0.2) is 9.84 Å². The maximum atomic E-state index is 15.5. The van der Waals surface area contributed by atoms with E-state index in [1.54, 1.807) is 6.07 Å². The first-order valence-corrected chi connectivity index (χ1v) is 22.1. The molecule has 7 rings (SSSR count). The van der Waals surface area contributed by atoms with Gasteiger partial charge in [-0.25, -0.2) is 17.6 Å². The molecular formula is C43H63FN2O5S. The van der Waals surface area contributed by atoms with Crippen LogP contribution in [0.3, 0.4) is 0 Å². The van der Waals surface area contributed by atoms with Crippen LogP contribution < -0.4 is 5.32 Å². The van der Waals surface area contributed by atoms with Crippen LogP contribution in [0.1, 0.15) is 122 Å². The number of carboxylic acid groups (broad SMARTS) is 1. The lowest BCUT2D eigenvalue weighted by molar-refractivity contribution is -0.227. The van der Waals surface area contributed by atoms with E-state index in [0.717, 1.165) is 63.4 Å². The third-order valence-electron chi connectivity index (χ3n) is 17.0. The molecule has 7 nitrogen and oxygen atoms in total. The average Bonchev–Trinajstić information content (AvgIpc) is 3.47. The van der Waals surface area contributed by atoms with E-state index in [1.807, 2.05) is 0 Å². The molecule has 9 atom stereocenters. The Morgan fingerprint density at radius 1 is 0.942 bits per heavy atom. The quantitative estimate of drug-likeness (QED) is 0.293. The second-order valence-corrected chi connectivity index (χ2v) is 21.9. The Labute approximate surface area is 311 Å². The van der Waals surface area contributed by atoms with Gasteiger partial charge in [0.05, 0.1) is 22.5 Å². The monoisotopic (exact) mass is 738 g/mol. The molecule has 1 amide bonds. The Bertz CT molecular complexity index is 1740. The number of sulfone groups is 1. The standard InChI is InChI=1S/C43H63FN2O5S/c1-27(2)29-12-17-43(38(49)45-20-21-46-22-24-52(50,51)25-23-46)19-18-41(6)32(36(29)43)10-11-35-40(5)15-13-31(30-9-8-28(37(47)48)26-33(30)44)39(3,4)34(40)14-16-42(35,41)7/h8-9,13,26-27,29,32,34-36H,10-12,14-25H2,1-7H3,(H,45,49)(H,47,48)/t29-,32+,34-,35+,36+,40-,41+,42+,43-/m0/s1. The smallest absolute Gasteiger partial charge is 0.335 e. The summed E-state index contributed by atoms with van der Waals surface area (Å²) in [6.45, 7) is 19.4. The van der Waals surface area contributed by atoms with E-state index in [1.165, 1.54) is 12.1 Å². The van der Waals surface area contributed by atoms with Gasteiger partial charge in [0.1, 0.15) is 5.82 Å². The number of halogens is 1. The summed E-state index contributed by atoms with van der Waals surface area (Å²) in [7, 11) is -2.93.